The molecule has 2 aromatic rings. The monoisotopic (exact) mass is 255 g/mol. The molecule has 0 amide bonds. The van der Waals surface area contributed by atoms with Gasteiger partial charge in [0.1, 0.15) is 5.76 Å². The second-order valence-corrected chi connectivity index (χ2v) is 4.89. The Kier molecular flexibility index (Phi) is 2.99. The maximum Gasteiger partial charge on any atom is 0.189 e. The Hall–Kier alpha value is -2.23. The second kappa shape index (κ2) is 4.80. The van der Waals surface area contributed by atoms with Crippen LogP contribution in [0.15, 0.2) is 52.1 Å². The summed E-state index contributed by atoms with van der Waals surface area (Å²) in [5.74, 6) is 1.37. The standard InChI is InChI=1S/C15H17N3O/c1-10-4-2-5-11(8-10)12-9-13(18-15(16)17-12)14-6-3-7-19-14/h2-8,12-13H,9H2,1H3,(H3,16,17,18). The van der Waals surface area contributed by atoms with E-state index in [0.717, 1.165) is 12.2 Å². The van der Waals surface area contributed by atoms with Crippen molar-refractivity contribution >= 4 is 5.96 Å². The molecule has 2 atom stereocenters. The van der Waals surface area contributed by atoms with Crippen LogP contribution >= 0.6 is 0 Å². The summed E-state index contributed by atoms with van der Waals surface area (Å²) in [4.78, 5) is 4.50. The van der Waals surface area contributed by atoms with Crippen molar-refractivity contribution in [3.8, 4) is 0 Å². The number of aliphatic imine (C=N–C) groups is 1. The molecular weight excluding hydrogens is 238 g/mol. The zero-order valence-corrected chi connectivity index (χ0v) is 10.8. The smallest absolute Gasteiger partial charge is 0.189 e. The van der Waals surface area contributed by atoms with Gasteiger partial charge in [0.05, 0.1) is 18.3 Å². The highest BCUT2D eigenvalue weighted by atomic mass is 16.3. The van der Waals surface area contributed by atoms with Gasteiger partial charge in [-0.1, -0.05) is 29.8 Å². The molecule has 19 heavy (non-hydrogen) atoms. The summed E-state index contributed by atoms with van der Waals surface area (Å²) < 4.78 is 5.46. The van der Waals surface area contributed by atoms with Gasteiger partial charge in [-0.2, -0.15) is 0 Å². The van der Waals surface area contributed by atoms with E-state index in [2.05, 4.69) is 41.5 Å². The number of hydrogen-bond acceptors (Lipinski definition) is 4. The Morgan fingerprint density at radius 3 is 2.95 bits per heavy atom. The van der Waals surface area contributed by atoms with Crippen molar-refractivity contribution in [2.75, 3.05) is 0 Å². The Labute approximate surface area is 112 Å². The molecule has 4 heteroatoms. The molecule has 3 N–H and O–H groups in total. The molecule has 0 radical (unpaired) electrons. The fourth-order valence-corrected chi connectivity index (χ4v) is 2.48. The van der Waals surface area contributed by atoms with Gasteiger partial charge in [0, 0.05) is 6.42 Å². The molecule has 98 valence electrons. The molecule has 0 saturated carbocycles. The predicted molar refractivity (Wildman–Crippen MR) is 74.7 cm³/mol. The first-order valence-electron chi connectivity index (χ1n) is 6.42. The number of nitrogens with one attached hydrogen (secondary N) is 1. The lowest BCUT2D eigenvalue weighted by atomic mass is 9.96. The van der Waals surface area contributed by atoms with Crippen LogP contribution in [0, 0.1) is 6.92 Å². The minimum Gasteiger partial charge on any atom is -0.467 e. The molecule has 1 aliphatic rings. The van der Waals surface area contributed by atoms with E-state index in [1.165, 1.54) is 11.1 Å². The third kappa shape index (κ3) is 2.47. The lowest BCUT2D eigenvalue weighted by molar-refractivity contribution is 0.395. The van der Waals surface area contributed by atoms with Crippen molar-refractivity contribution in [3.63, 3.8) is 0 Å². The summed E-state index contributed by atoms with van der Waals surface area (Å²) in [6.07, 6.45) is 2.53. The number of furan rings is 1. The SMILES string of the molecule is Cc1cccc(C2CC(c3ccco3)NC(N)=N2)c1. The van der Waals surface area contributed by atoms with E-state index in [1.54, 1.807) is 6.26 Å². The maximum atomic E-state index is 5.89. The van der Waals surface area contributed by atoms with Gasteiger partial charge in [-0.15, -0.1) is 0 Å². The van der Waals surface area contributed by atoms with Crippen molar-refractivity contribution in [1.29, 1.82) is 0 Å². The van der Waals surface area contributed by atoms with Crippen LogP contribution in [0.4, 0.5) is 0 Å². The highest BCUT2D eigenvalue weighted by Gasteiger charge is 2.26. The van der Waals surface area contributed by atoms with Crippen molar-refractivity contribution < 1.29 is 4.42 Å². The van der Waals surface area contributed by atoms with E-state index in [1.807, 2.05) is 12.1 Å². The summed E-state index contributed by atoms with van der Waals surface area (Å²) in [6.45, 7) is 2.08. The average molecular weight is 255 g/mol. The van der Waals surface area contributed by atoms with Crippen LogP contribution in [0.2, 0.25) is 0 Å². The van der Waals surface area contributed by atoms with E-state index in [-0.39, 0.29) is 12.1 Å². The van der Waals surface area contributed by atoms with E-state index in [4.69, 9.17) is 10.2 Å². The lowest BCUT2D eigenvalue weighted by Gasteiger charge is -2.27. The summed E-state index contributed by atoms with van der Waals surface area (Å²) in [5, 5.41) is 3.17. The molecule has 4 nitrogen and oxygen atoms in total. The number of nitrogens with two attached hydrogens (primary N) is 1. The topological polar surface area (TPSA) is 63.5 Å². The zero-order chi connectivity index (χ0) is 13.2. The highest BCUT2D eigenvalue weighted by molar-refractivity contribution is 5.79. The predicted octanol–water partition coefficient (Wildman–Crippen LogP) is 2.68. The normalized spacial score (nSPS) is 22.7. The first-order chi connectivity index (χ1) is 9.22. The quantitative estimate of drug-likeness (QED) is 0.867. The van der Waals surface area contributed by atoms with Gasteiger partial charge in [-0.3, -0.25) is 0 Å². The molecule has 1 aromatic heterocycles. The second-order valence-electron chi connectivity index (χ2n) is 4.89. The molecule has 0 bridgehead atoms. The van der Waals surface area contributed by atoms with Gasteiger partial charge in [-0.25, -0.2) is 4.99 Å². The number of guanidine groups is 1. The Bertz CT molecular complexity index is 589. The van der Waals surface area contributed by atoms with Crippen LogP contribution in [0.5, 0.6) is 0 Å². The molecule has 0 spiro atoms. The molecule has 3 rings (SSSR count). The number of benzene rings is 1. The van der Waals surface area contributed by atoms with Gasteiger partial charge in [0.2, 0.25) is 0 Å². The van der Waals surface area contributed by atoms with Gasteiger partial charge < -0.3 is 15.5 Å². The van der Waals surface area contributed by atoms with Crippen LogP contribution in [0.1, 0.15) is 35.4 Å². The van der Waals surface area contributed by atoms with Crippen LogP contribution in [0.3, 0.4) is 0 Å². The minimum atomic E-state index is 0.0799. The number of rotatable bonds is 2. The van der Waals surface area contributed by atoms with Crippen LogP contribution in [-0.4, -0.2) is 5.96 Å². The molecule has 2 unspecified atom stereocenters. The molecule has 0 saturated heterocycles. The highest BCUT2D eigenvalue weighted by Crippen LogP contribution is 2.32. The third-order valence-electron chi connectivity index (χ3n) is 3.39. The van der Waals surface area contributed by atoms with Crippen molar-refractivity contribution in [2.45, 2.75) is 25.4 Å². The van der Waals surface area contributed by atoms with Crippen molar-refractivity contribution in [2.24, 2.45) is 10.7 Å². The fourth-order valence-electron chi connectivity index (χ4n) is 2.48. The summed E-state index contributed by atoms with van der Waals surface area (Å²) in [5.41, 5.74) is 8.33. The van der Waals surface area contributed by atoms with Gasteiger partial charge in [0.15, 0.2) is 5.96 Å². The van der Waals surface area contributed by atoms with E-state index in [9.17, 15) is 0 Å². The molecule has 0 fully saturated rings. The van der Waals surface area contributed by atoms with E-state index >= 15 is 0 Å². The molecular formula is C15H17N3O. The third-order valence-corrected chi connectivity index (χ3v) is 3.39. The first kappa shape index (κ1) is 11.8. The molecule has 1 aromatic carbocycles. The van der Waals surface area contributed by atoms with Gasteiger partial charge in [0.25, 0.3) is 0 Å². The van der Waals surface area contributed by atoms with Crippen LogP contribution in [-0.2, 0) is 0 Å². The average Bonchev–Trinajstić information content (AvgIpc) is 2.92. The van der Waals surface area contributed by atoms with Gasteiger partial charge >= 0.3 is 0 Å². The Morgan fingerprint density at radius 1 is 1.32 bits per heavy atom. The summed E-state index contributed by atoms with van der Waals surface area (Å²) in [6, 6.07) is 12.4. The fraction of sp³-hybridized carbons (Fsp3) is 0.267. The largest absolute Gasteiger partial charge is 0.467 e. The van der Waals surface area contributed by atoms with Crippen molar-refractivity contribution in [1.82, 2.24) is 5.32 Å². The lowest BCUT2D eigenvalue weighted by Crippen LogP contribution is -2.39. The maximum absolute atomic E-state index is 5.89. The molecule has 1 aliphatic heterocycles. The first-order valence-corrected chi connectivity index (χ1v) is 6.42. The van der Waals surface area contributed by atoms with Gasteiger partial charge in [-0.05, 0) is 24.6 Å². The number of hydrogen-bond donors (Lipinski definition) is 2. The molecule has 0 aliphatic carbocycles. The van der Waals surface area contributed by atoms with Crippen molar-refractivity contribution in [3.05, 3.63) is 59.5 Å². The Morgan fingerprint density at radius 2 is 2.21 bits per heavy atom. The van der Waals surface area contributed by atoms with Crippen LogP contribution in [0.25, 0.3) is 0 Å². The van der Waals surface area contributed by atoms with E-state index in [0.29, 0.717) is 5.96 Å². The Balaban J connectivity index is 1.88. The summed E-state index contributed by atoms with van der Waals surface area (Å²) >= 11 is 0. The molecule has 2 heterocycles. The van der Waals surface area contributed by atoms with Crippen LogP contribution < -0.4 is 11.1 Å². The van der Waals surface area contributed by atoms with E-state index < -0.39 is 0 Å². The number of aryl methyl sites for hydroxylation is 1. The number of nitrogens with zero attached hydrogens (tertiary/aromatic N) is 1. The minimum absolute atomic E-state index is 0.0799. The zero-order valence-electron chi connectivity index (χ0n) is 10.8. The summed E-state index contributed by atoms with van der Waals surface area (Å²) in [7, 11) is 0.